The Morgan fingerprint density at radius 2 is 1.67 bits per heavy atom. The lowest BCUT2D eigenvalue weighted by Crippen LogP contribution is -2.18. The zero-order valence-electron chi connectivity index (χ0n) is 10.8. The van der Waals surface area contributed by atoms with Gasteiger partial charge in [-0.2, -0.15) is 0 Å². The van der Waals surface area contributed by atoms with Gasteiger partial charge < -0.3 is 5.73 Å². The van der Waals surface area contributed by atoms with Crippen LogP contribution in [0.25, 0.3) is 0 Å². The summed E-state index contributed by atoms with van der Waals surface area (Å²) in [6.07, 6.45) is 0. The highest BCUT2D eigenvalue weighted by molar-refractivity contribution is 5.25. The molecule has 4 unspecified atom stereocenters. The van der Waals surface area contributed by atoms with E-state index < -0.39 is 0 Å². The summed E-state index contributed by atoms with van der Waals surface area (Å²) in [5.74, 6) is 2.69. The summed E-state index contributed by atoms with van der Waals surface area (Å²) in [4.78, 5) is 0. The van der Waals surface area contributed by atoms with Gasteiger partial charge in [0, 0.05) is 5.70 Å². The largest absolute Gasteiger partial charge is 0.399 e. The topological polar surface area (TPSA) is 26.0 Å². The molecule has 4 atom stereocenters. The molecular formula is C14H25N. The maximum Gasteiger partial charge on any atom is 0.0270 e. The molecule has 0 saturated heterocycles. The molecule has 0 aromatic heterocycles. The van der Waals surface area contributed by atoms with Crippen LogP contribution < -0.4 is 5.73 Å². The fraction of sp³-hybridized carbons (Fsp3) is 0.714. The highest BCUT2D eigenvalue weighted by Gasteiger charge is 2.57. The van der Waals surface area contributed by atoms with Crippen molar-refractivity contribution in [2.45, 2.75) is 34.6 Å². The molecule has 1 saturated carbocycles. The first-order valence-electron chi connectivity index (χ1n) is 5.84. The van der Waals surface area contributed by atoms with E-state index in [9.17, 15) is 0 Å². The molecule has 1 fully saturated rings. The van der Waals surface area contributed by atoms with E-state index >= 15 is 0 Å². The van der Waals surface area contributed by atoms with Crippen LogP contribution in [0.1, 0.15) is 34.6 Å². The SMILES string of the molecule is C=C(N)C(=C)C(C)C(C)C1C(C)C1(C)C. The number of allylic oxidation sites excluding steroid dienone is 1. The van der Waals surface area contributed by atoms with Gasteiger partial charge in [0.1, 0.15) is 0 Å². The summed E-state index contributed by atoms with van der Waals surface area (Å²) in [5.41, 5.74) is 7.84. The van der Waals surface area contributed by atoms with E-state index in [2.05, 4.69) is 47.8 Å². The van der Waals surface area contributed by atoms with Crippen LogP contribution in [0.15, 0.2) is 24.4 Å². The third-order valence-electron chi connectivity index (χ3n) is 4.78. The summed E-state index contributed by atoms with van der Waals surface area (Å²) >= 11 is 0. The van der Waals surface area contributed by atoms with E-state index in [4.69, 9.17) is 5.73 Å². The molecule has 0 bridgehead atoms. The van der Waals surface area contributed by atoms with Gasteiger partial charge in [-0.3, -0.25) is 0 Å². The summed E-state index contributed by atoms with van der Waals surface area (Å²) in [6, 6.07) is 0. The zero-order chi connectivity index (χ0) is 12.0. The molecule has 0 aliphatic heterocycles. The van der Waals surface area contributed by atoms with E-state index in [0.717, 1.165) is 17.4 Å². The lowest BCUT2D eigenvalue weighted by molar-refractivity contribution is 0.342. The van der Waals surface area contributed by atoms with Crippen molar-refractivity contribution in [1.82, 2.24) is 0 Å². The second-order valence-corrected chi connectivity index (χ2v) is 5.83. The van der Waals surface area contributed by atoms with Crippen LogP contribution in [0.5, 0.6) is 0 Å². The van der Waals surface area contributed by atoms with Gasteiger partial charge in [0.2, 0.25) is 0 Å². The Kier molecular flexibility index (Phi) is 3.04. The van der Waals surface area contributed by atoms with Crippen LogP contribution in [0.2, 0.25) is 0 Å². The standard InChI is InChI=1S/C14H25N/c1-8(9(2)12(5)15)10(3)13-11(4)14(13,6)7/h8,10-11,13H,2,5,15H2,1,3-4,6-7H3. The molecule has 2 N–H and O–H groups in total. The molecule has 1 rings (SSSR count). The number of rotatable bonds is 4. The molecule has 1 nitrogen and oxygen atoms in total. The molecule has 1 aliphatic rings. The van der Waals surface area contributed by atoms with Crippen LogP contribution in [-0.4, -0.2) is 0 Å². The summed E-state index contributed by atoms with van der Waals surface area (Å²) in [5, 5.41) is 0. The molecule has 86 valence electrons. The maximum atomic E-state index is 5.70. The minimum atomic E-state index is 0.441. The van der Waals surface area contributed by atoms with Crippen LogP contribution in [0, 0.1) is 29.1 Å². The van der Waals surface area contributed by atoms with Crippen molar-refractivity contribution < 1.29 is 0 Å². The van der Waals surface area contributed by atoms with Crippen molar-refractivity contribution in [3.05, 3.63) is 24.4 Å². The van der Waals surface area contributed by atoms with Crippen LogP contribution in [0.3, 0.4) is 0 Å². The minimum absolute atomic E-state index is 0.441. The molecule has 0 amide bonds. The number of hydrogen-bond acceptors (Lipinski definition) is 1. The Bertz CT molecular complexity index is 288. The van der Waals surface area contributed by atoms with Crippen molar-refractivity contribution >= 4 is 0 Å². The van der Waals surface area contributed by atoms with E-state index in [-0.39, 0.29) is 0 Å². The third-order valence-corrected chi connectivity index (χ3v) is 4.78. The van der Waals surface area contributed by atoms with Crippen molar-refractivity contribution in [3.8, 4) is 0 Å². The Hall–Kier alpha value is -0.720. The molecular weight excluding hydrogens is 182 g/mol. The molecule has 0 aromatic carbocycles. The number of nitrogens with two attached hydrogens (primary N) is 1. The normalized spacial score (nSPS) is 31.8. The lowest BCUT2D eigenvalue weighted by atomic mass is 9.82. The minimum Gasteiger partial charge on any atom is -0.399 e. The average molecular weight is 207 g/mol. The molecule has 0 heterocycles. The molecule has 1 aliphatic carbocycles. The molecule has 0 aromatic rings. The van der Waals surface area contributed by atoms with Gasteiger partial charge in [-0.25, -0.2) is 0 Å². The second kappa shape index (κ2) is 3.70. The highest BCUT2D eigenvalue weighted by Crippen LogP contribution is 2.63. The van der Waals surface area contributed by atoms with E-state index in [1.54, 1.807) is 0 Å². The first-order chi connectivity index (χ1) is 6.71. The van der Waals surface area contributed by atoms with Gasteiger partial charge in [-0.1, -0.05) is 47.8 Å². The quantitative estimate of drug-likeness (QED) is 0.701. The average Bonchev–Trinajstić information content (AvgIpc) is 2.62. The lowest BCUT2D eigenvalue weighted by Gasteiger charge is -2.23. The highest BCUT2D eigenvalue weighted by atomic mass is 14.6. The van der Waals surface area contributed by atoms with Gasteiger partial charge >= 0.3 is 0 Å². The predicted molar refractivity (Wildman–Crippen MR) is 67.2 cm³/mol. The van der Waals surface area contributed by atoms with Gasteiger partial charge in [0.15, 0.2) is 0 Å². The number of hydrogen-bond donors (Lipinski definition) is 1. The van der Waals surface area contributed by atoms with E-state index in [1.807, 2.05) is 0 Å². The first-order valence-corrected chi connectivity index (χ1v) is 5.84. The maximum absolute atomic E-state index is 5.70. The monoisotopic (exact) mass is 207 g/mol. The van der Waals surface area contributed by atoms with Gasteiger partial charge in [-0.05, 0) is 34.7 Å². The molecule has 15 heavy (non-hydrogen) atoms. The van der Waals surface area contributed by atoms with E-state index in [0.29, 0.717) is 22.9 Å². The van der Waals surface area contributed by atoms with Crippen molar-refractivity contribution in [3.63, 3.8) is 0 Å². The fourth-order valence-corrected chi connectivity index (χ4v) is 2.99. The van der Waals surface area contributed by atoms with Gasteiger partial charge in [-0.15, -0.1) is 0 Å². The summed E-state index contributed by atoms with van der Waals surface area (Å²) < 4.78 is 0. The van der Waals surface area contributed by atoms with Crippen LogP contribution in [0.4, 0.5) is 0 Å². The summed E-state index contributed by atoms with van der Waals surface area (Å²) in [6.45, 7) is 19.4. The predicted octanol–water partition coefficient (Wildman–Crippen LogP) is 3.58. The third kappa shape index (κ3) is 1.97. The van der Waals surface area contributed by atoms with Crippen molar-refractivity contribution in [2.24, 2.45) is 34.8 Å². The zero-order valence-corrected chi connectivity index (χ0v) is 10.8. The Morgan fingerprint density at radius 1 is 1.27 bits per heavy atom. The fourth-order valence-electron chi connectivity index (χ4n) is 2.99. The Balaban J connectivity index is 2.67. The van der Waals surface area contributed by atoms with Crippen molar-refractivity contribution in [1.29, 1.82) is 0 Å². The van der Waals surface area contributed by atoms with E-state index in [1.165, 1.54) is 0 Å². The first kappa shape index (κ1) is 12.4. The van der Waals surface area contributed by atoms with Gasteiger partial charge in [0.05, 0.1) is 0 Å². The Labute approximate surface area is 94.4 Å². The van der Waals surface area contributed by atoms with Crippen LogP contribution in [-0.2, 0) is 0 Å². The second-order valence-electron chi connectivity index (χ2n) is 5.83. The van der Waals surface area contributed by atoms with Crippen LogP contribution >= 0.6 is 0 Å². The molecule has 0 radical (unpaired) electrons. The Morgan fingerprint density at radius 3 is 1.93 bits per heavy atom. The molecule has 1 heteroatoms. The van der Waals surface area contributed by atoms with Gasteiger partial charge in [0.25, 0.3) is 0 Å². The summed E-state index contributed by atoms with van der Waals surface area (Å²) in [7, 11) is 0. The molecule has 0 spiro atoms. The smallest absolute Gasteiger partial charge is 0.0270 e. The van der Waals surface area contributed by atoms with Crippen molar-refractivity contribution in [2.75, 3.05) is 0 Å².